The van der Waals surface area contributed by atoms with E-state index >= 15 is 0 Å². The molecule has 1 fully saturated rings. The van der Waals surface area contributed by atoms with Gasteiger partial charge in [-0.2, -0.15) is 0 Å². The lowest BCUT2D eigenvalue weighted by molar-refractivity contribution is -0.185. The molecule has 0 radical (unpaired) electrons. The third kappa shape index (κ3) is 18.5. The van der Waals surface area contributed by atoms with Gasteiger partial charge in [-0.3, -0.25) is 4.79 Å². The number of allylic oxidation sites excluding steroid dienone is 1. The lowest BCUT2D eigenvalue weighted by atomic mass is 9.82. The topological polar surface area (TPSA) is 150 Å². The molecule has 0 unspecified atom stereocenters. The van der Waals surface area contributed by atoms with Gasteiger partial charge in [0.25, 0.3) is 0 Å². The first-order valence-electron chi connectivity index (χ1n) is 21.9. The van der Waals surface area contributed by atoms with Gasteiger partial charge in [0.05, 0.1) is 19.1 Å². The Kier molecular flexibility index (Phi) is 21.9. The number of hydrogen-bond donors (Lipinski definition) is 3. The van der Waals surface area contributed by atoms with Crippen LogP contribution < -0.4 is 10.1 Å². The molecule has 12 heteroatoms. The number of hydrogen-bond acceptors (Lipinski definition) is 9. The Balaban J connectivity index is 2.28. The van der Waals surface area contributed by atoms with E-state index in [0.717, 1.165) is 44.9 Å². The van der Waals surface area contributed by atoms with Gasteiger partial charge in [-0.15, -0.1) is 5.92 Å². The van der Waals surface area contributed by atoms with Crippen molar-refractivity contribution in [3.63, 3.8) is 0 Å². The second-order valence-electron chi connectivity index (χ2n) is 18.4. The molecule has 1 amide bonds. The Hall–Kier alpha value is -3.21. The lowest BCUT2D eigenvalue weighted by Gasteiger charge is -2.38. The number of esters is 1. The maximum Gasteiger partial charge on any atom is 0.339 e. The van der Waals surface area contributed by atoms with Gasteiger partial charge >= 0.3 is 11.9 Å². The highest BCUT2D eigenvalue weighted by atomic mass is 28.4. The average Bonchev–Trinajstić information content (AvgIpc) is 3.61. The predicted octanol–water partition coefficient (Wildman–Crippen LogP) is 9.30. The van der Waals surface area contributed by atoms with Crippen LogP contribution in [0.15, 0.2) is 36.4 Å². The first-order chi connectivity index (χ1) is 27.7. The van der Waals surface area contributed by atoms with E-state index in [1.807, 2.05) is 0 Å². The summed E-state index contributed by atoms with van der Waals surface area (Å²) in [5, 5.41) is 25.1. The van der Waals surface area contributed by atoms with Crippen molar-refractivity contribution in [1.29, 1.82) is 0 Å². The fourth-order valence-electron chi connectivity index (χ4n) is 6.65. The summed E-state index contributed by atoms with van der Waals surface area (Å²) in [6.45, 7) is 20.9. The van der Waals surface area contributed by atoms with E-state index in [2.05, 4.69) is 57.9 Å². The van der Waals surface area contributed by atoms with Crippen LogP contribution in [0.25, 0.3) is 0 Å². The molecule has 1 aromatic rings. The largest absolute Gasteiger partial charge is 0.481 e. The van der Waals surface area contributed by atoms with Crippen LogP contribution in [0.1, 0.15) is 144 Å². The number of carboxylic acids is 1. The number of nitrogens with one attached hydrogen (secondary N) is 1. The van der Waals surface area contributed by atoms with E-state index < -0.39 is 55.1 Å². The molecule has 1 heterocycles. The average molecular weight is 844 g/mol. The van der Waals surface area contributed by atoms with Gasteiger partial charge in [-0.1, -0.05) is 96.4 Å². The molecule has 3 atom stereocenters. The second kappa shape index (κ2) is 24.9. The van der Waals surface area contributed by atoms with E-state index in [0.29, 0.717) is 30.9 Å². The molecule has 0 saturated carbocycles. The molecule has 1 saturated heterocycles. The Morgan fingerprint density at radius 1 is 0.932 bits per heavy atom. The molecule has 0 spiro atoms. The smallest absolute Gasteiger partial charge is 0.339 e. The maximum absolute atomic E-state index is 14.3. The van der Waals surface area contributed by atoms with Crippen LogP contribution in [-0.2, 0) is 39.4 Å². The van der Waals surface area contributed by atoms with Crippen molar-refractivity contribution in [3.05, 3.63) is 42.0 Å². The summed E-state index contributed by atoms with van der Waals surface area (Å²) in [7, 11) is -2.31. The number of rotatable bonds is 27. The number of aliphatic carboxylic acids is 1. The summed E-state index contributed by atoms with van der Waals surface area (Å²) in [6.07, 6.45) is 15.1. The molecule has 3 N–H and O–H groups in total. The highest BCUT2D eigenvalue weighted by Gasteiger charge is 2.50. The first kappa shape index (κ1) is 51.9. The van der Waals surface area contributed by atoms with Gasteiger partial charge in [0, 0.05) is 32.3 Å². The number of amides is 1. The van der Waals surface area contributed by atoms with Gasteiger partial charge in [0.1, 0.15) is 24.0 Å². The standard InChI is InChI=1S/C47H77NO10Si/c1-11-13-15-19-22-29-46(55-34-35-56-46)30-23-20-17-16-18-21-24-39(47(53,43(52)58-44(3,4)5)31-33-57-59(9,10)45(6,7)8)41(49)48-40(42(50)51)36-37-25-27-38(28-26-37)54-32-14-12-2/h21,24-28,39-40,53H,11,13,15-20,22-23,29-36H2,1-10H3,(H,48,49)(H,50,51)/b24-21+/t39-,40+,47-/m1/s1. The minimum absolute atomic E-state index is 0.00185. The molecule has 0 aromatic heterocycles. The van der Waals surface area contributed by atoms with E-state index in [4.69, 9.17) is 23.4 Å². The Labute approximate surface area is 356 Å². The number of carbonyl (C=O) groups excluding carboxylic acids is 2. The first-order valence-corrected chi connectivity index (χ1v) is 24.8. The third-order valence-corrected chi connectivity index (χ3v) is 15.8. The third-order valence-electron chi connectivity index (χ3n) is 11.2. The Morgan fingerprint density at radius 3 is 2.07 bits per heavy atom. The minimum atomic E-state index is -2.36. The fourth-order valence-corrected chi connectivity index (χ4v) is 7.70. The molecule has 0 bridgehead atoms. The van der Waals surface area contributed by atoms with Crippen molar-refractivity contribution in [2.24, 2.45) is 5.92 Å². The van der Waals surface area contributed by atoms with Gasteiger partial charge in [-0.25, -0.2) is 9.59 Å². The molecule has 59 heavy (non-hydrogen) atoms. The van der Waals surface area contributed by atoms with Crippen molar-refractivity contribution < 1.29 is 48.0 Å². The van der Waals surface area contributed by atoms with Crippen molar-refractivity contribution in [3.8, 4) is 17.6 Å². The number of carboxylic acid groups (broad SMARTS) is 1. The number of unbranched alkanes of at least 4 members (excludes halogenated alkanes) is 8. The normalized spacial score (nSPS) is 16.5. The fraction of sp³-hybridized carbons (Fsp3) is 0.723. The number of carbonyl (C=O) groups is 3. The summed E-state index contributed by atoms with van der Waals surface area (Å²) >= 11 is 0. The van der Waals surface area contributed by atoms with Gasteiger partial charge in [0.15, 0.2) is 19.7 Å². The zero-order valence-electron chi connectivity index (χ0n) is 38.0. The van der Waals surface area contributed by atoms with E-state index in [9.17, 15) is 24.6 Å². The molecular formula is C47H77NO10Si. The lowest BCUT2D eigenvalue weighted by Crippen LogP contribution is -2.56. The Bertz CT molecular complexity index is 1510. The van der Waals surface area contributed by atoms with Gasteiger partial charge in [-0.05, 0) is 89.2 Å². The van der Waals surface area contributed by atoms with Crippen molar-refractivity contribution in [2.75, 3.05) is 26.4 Å². The van der Waals surface area contributed by atoms with E-state index in [1.165, 1.54) is 31.8 Å². The molecule has 0 aliphatic carbocycles. The maximum atomic E-state index is 14.3. The summed E-state index contributed by atoms with van der Waals surface area (Å²) in [4.78, 5) is 40.8. The van der Waals surface area contributed by atoms with Gasteiger partial charge < -0.3 is 38.9 Å². The number of benzene rings is 1. The number of ether oxygens (including phenoxy) is 4. The van der Waals surface area contributed by atoms with E-state index in [-0.39, 0.29) is 31.1 Å². The van der Waals surface area contributed by atoms with Crippen LogP contribution in [0.5, 0.6) is 5.75 Å². The molecule has 334 valence electrons. The summed E-state index contributed by atoms with van der Waals surface area (Å²) in [5.74, 6) is 1.21. The SMILES string of the molecule is CC#CCOc1ccc(C[C@H](NC(=O)[C@@H](/C=C/CCCCCCC2(CCCCCCC)OCCO2)[C@](O)(CCO[Si](C)(C)C(C)(C)C)C(=O)OC(C)(C)C)C(=O)O)cc1. The van der Waals surface area contributed by atoms with Crippen molar-refractivity contribution in [1.82, 2.24) is 5.32 Å². The highest BCUT2D eigenvalue weighted by Crippen LogP contribution is 2.38. The highest BCUT2D eigenvalue weighted by molar-refractivity contribution is 6.74. The number of aliphatic hydroxyl groups is 1. The Morgan fingerprint density at radius 2 is 1.53 bits per heavy atom. The predicted molar refractivity (Wildman–Crippen MR) is 236 cm³/mol. The summed E-state index contributed by atoms with van der Waals surface area (Å²) in [6, 6.07) is 5.53. The minimum Gasteiger partial charge on any atom is -0.481 e. The van der Waals surface area contributed by atoms with E-state index in [1.54, 1.807) is 58.0 Å². The van der Waals surface area contributed by atoms with Gasteiger partial charge in [0.2, 0.25) is 5.91 Å². The molecule has 11 nitrogen and oxygen atoms in total. The molecular weight excluding hydrogens is 767 g/mol. The quantitative estimate of drug-likeness (QED) is 0.0257. The van der Waals surface area contributed by atoms with Crippen LogP contribution in [-0.4, -0.2) is 85.8 Å². The zero-order chi connectivity index (χ0) is 44.2. The molecule has 1 aliphatic rings. The van der Waals surface area contributed by atoms with Crippen LogP contribution in [0.2, 0.25) is 18.1 Å². The second-order valence-corrected chi connectivity index (χ2v) is 23.2. The van der Waals surface area contributed by atoms with Crippen LogP contribution >= 0.6 is 0 Å². The van der Waals surface area contributed by atoms with Crippen molar-refractivity contribution >= 4 is 26.2 Å². The summed E-state index contributed by atoms with van der Waals surface area (Å²) in [5.41, 5.74) is -2.68. The molecule has 2 rings (SSSR count). The van der Waals surface area contributed by atoms with Crippen LogP contribution in [0.4, 0.5) is 0 Å². The van der Waals surface area contributed by atoms with Crippen LogP contribution in [0.3, 0.4) is 0 Å². The van der Waals surface area contributed by atoms with Crippen LogP contribution in [0, 0.1) is 17.8 Å². The van der Waals surface area contributed by atoms with Crippen molar-refractivity contribution in [2.45, 2.75) is 186 Å². The summed E-state index contributed by atoms with van der Waals surface area (Å²) < 4.78 is 29.9. The zero-order valence-corrected chi connectivity index (χ0v) is 39.0. The molecule has 1 aliphatic heterocycles. The molecule has 1 aromatic carbocycles. The monoisotopic (exact) mass is 844 g/mol.